The summed E-state index contributed by atoms with van der Waals surface area (Å²) in [5.41, 5.74) is 0.752. The topological polar surface area (TPSA) is 53.4 Å². The number of hydrogen-bond acceptors (Lipinski definition) is 3. The Bertz CT molecular complexity index is 287. The van der Waals surface area contributed by atoms with Gasteiger partial charge in [-0.05, 0) is 12.1 Å². The van der Waals surface area contributed by atoms with E-state index in [0.29, 0.717) is 6.54 Å². The van der Waals surface area contributed by atoms with Crippen LogP contribution in [0.4, 0.5) is 0 Å². The van der Waals surface area contributed by atoms with Gasteiger partial charge in [-0.1, -0.05) is 6.07 Å². The van der Waals surface area contributed by atoms with Gasteiger partial charge in [0.15, 0.2) is 0 Å². The standard InChI is InChI=1S/C10H14N2O2/c1-12(6-7-13)10(14)8-9-4-2-3-5-11-9/h2-5,13H,6-8H2,1H3. The summed E-state index contributed by atoms with van der Waals surface area (Å²) in [5, 5.41) is 8.64. The molecule has 0 saturated heterocycles. The largest absolute Gasteiger partial charge is 0.395 e. The van der Waals surface area contributed by atoms with E-state index >= 15 is 0 Å². The lowest BCUT2D eigenvalue weighted by Gasteiger charge is -2.14. The molecule has 0 aromatic carbocycles. The first kappa shape index (κ1) is 10.7. The molecule has 76 valence electrons. The van der Waals surface area contributed by atoms with Gasteiger partial charge in [0, 0.05) is 25.5 Å². The predicted octanol–water partition coefficient (Wildman–Crippen LogP) is 0.0748. The Morgan fingerprint density at radius 1 is 1.57 bits per heavy atom. The van der Waals surface area contributed by atoms with Gasteiger partial charge in [-0.15, -0.1) is 0 Å². The number of carbonyl (C=O) groups excluding carboxylic acids is 1. The van der Waals surface area contributed by atoms with E-state index in [1.807, 2.05) is 18.2 Å². The van der Waals surface area contributed by atoms with Crippen LogP contribution in [0.2, 0.25) is 0 Å². The van der Waals surface area contributed by atoms with Crippen LogP contribution in [0.3, 0.4) is 0 Å². The third-order valence-electron chi connectivity index (χ3n) is 1.92. The molecule has 0 saturated carbocycles. The fourth-order valence-corrected chi connectivity index (χ4v) is 1.07. The first-order chi connectivity index (χ1) is 6.74. The summed E-state index contributed by atoms with van der Waals surface area (Å²) >= 11 is 0. The van der Waals surface area contributed by atoms with E-state index in [2.05, 4.69) is 4.98 Å². The Kier molecular flexibility index (Phi) is 4.07. The van der Waals surface area contributed by atoms with Crippen LogP contribution in [0.15, 0.2) is 24.4 Å². The van der Waals surface area contributed by atoms with Gasteiger partial charge in [0.1, 0.15) is 0 Å². The summed E-state index contributed by atoms with van der Waals surface area (Å²) in [7, 11) is 1.67. The highest BCUT2D eigenvalue weighted by Crippen LogP contribution is 1.97. The van der Waals surface area contributed by atoms with Crippen molar-refractivity contribution in [2.24, 2.45) is 0 Å². The van der Waals surface area contributed by atoms with Crippen LogP contribution in [0.1, 0.15) is 5.69 Å². The van der Waals surface area contributed by atoms with Gasteiger partial charge in [-0.3, -0.25) is 9.78 Å². The molecule has 0 unspecified atom stereocenters. The molecule has 0 aliphatic heterocycles. The molecule has 1 heterocycles. The minimum atomic E-state index is -0.0299. The molecule has 1 amide bonds. The van der Waals surface area contributed by atoms with Gasteiger partial charge >= 0.3 is 0 Å². The number of hydrogen-bond donors (Lipinski definition) is 1. The second-order valence-electron chi connectivity index (χ2n) is 3.04. The molecule has 1 N–H and O–H groups in total. The number of aromatic nitrogens is 1. The Hall–Kier alpha value is -1.42. The maximum atomic E-state index is 11.5. The van der Waals surface area contributed by atoms with E-state index in [-0.39, 0.29) is 18.9 Å². The monoisotopic (exact) mass is 194 g/mol. The van der Waals surface area contributed by atoms with Crippen LogP contribution in [-0.4, -0.2) is 41.1 Å². The number of pyridine rings is 1. The Morgan fingerprint density at radius 2 is 2.36 bits per heavy atom. The maximum Gasteiger partial charge on any atom is 0.228 e. The molecule has 0 bridgehead atoms. The minimum absolute atomic E-state index is 0.00947. The lowest BCUT2D eigenvalue weighted by atomic mass is 10.2. The van der Waals surface area contributed by atoms with E-state index in [1.165, 1.54) is 4.90 Å². The van der Waals surface area contributed by atoms with E-state index in [9.17, 15) is 4.79 Å². The first-order valence-electron chi connectivity index (χ1n) is 4.48. The predicted molar refractivity (Wildman–Crippen MR) is 52.7 cm³/mol. The molecule has 4 nitrogen and oxygen atoms in total. The number of carbonyl (C=O) groups is 1. The van der Waals surface area contributed by atoms with Crippen molar-refractivity contribution in [3.05, 3.63) is 30.1 Å². The molecule has 0 atom stereocenters. The second-order valence-corrected chi connectivity index (χ2v) is 3.04. The van der Waals surface area contributed by atoms with Crippen LogP contribution in [0.25, 0.3) is 0 Å². The molecule has 0 spiro atoms. The van der Waals surface area contributed by atoms with Crippen molar-refractivity contribution in [2.45, 2.75) is 6.42 Å². The van der Waals surface area contributed by atoms with Crippen molar-refractivity contribution in [1.29, 1.82) is 0 Å². The van der Waals surface area contributed by atoms with Crippen molar-refractivity contribution in [2.75, 3.05) is 20.2 Å². The lowest BCUT2D eigenvalue weighted by Crippen LogP contribution is -2.30. The quantitative estimate of drug-likeness (QED) is 0.738. The Balaban J connectivity index is 2.49. The first-order valence-corrected chi connectivity index (χ1v) is 4.48. The number of amides is 1. The van der Waals surface area contributed by atoms with Crippen LogP contribution in [0, 0.1) is 0 Å². The number of nitrogens with zero attached hydrogens (tertiary/aromatic N) is 2. The highest BCUT2D eigenvalue weighted by molar-refractivity contribution is 5.77. The molecule has 1 aromatic rings. The van der Waals surface area contributed by atoms with Crippen LogP contribution >= 0.6 is 0 Å². The third kappa shape index (κ3) is 3.14. The molecular weight excluding hydrogens is 180 g/mol. The molecule has 4 heteroatoms. The molecular formula is C10H14N2O2. The van der Waals surface area contributed by atoms with E-state index in [1.54, 1.807) is 13.2 Å². The summed E-state index contributed by atoms with van der Waals surface area (Å²) in [4.78, 5) is 17.0. The van der Waals surface area contributed by atoms with Gasteiger partial charge in [-0.2, -0.15) is 0 Å². The van der Waals surface area contributed by atoms with Gasteiger partial charge in [-0.25, -0.2) is 0 Å². The lowest BCUT2D eigenvalue weighted by molar-refractivity contribution is -0.129. The molecule has 1 rings (SSSR count). The average Bonchev–Trinajstić information content (AvgIpc) is 2.19. The zero-order valence-electron chi connectivity index (χ0n) is 8.18. The van der Waals surface area contributed by atoms with Crippen molar-refractivity contribution in [3.8, 4) is 0 Å². The third-order valence-corrected chi connectivity index (χ3v) is 1.92. The van der Waals surface area contributed by atoms with E-state index < -0.39 is 0 Å². The molecule has 0 aliphatic rings. The normalized spacial score (nSPS) is 9.86. The molecule has 14 heavy (non-hydrogen) atoms. The van der Waals surface area contributed by atoms with Gasteiger partial charge in [0.2, 0.25) is 5.91 Å². The van der Waals surface area contributed by atoms with Crippen LogP contribution in [-0.2, 0) is 11.2 Å². The molecule has 0 fully saturated rings. The molecule has 0 radical (unpaired) electrons. The maximum absolute atomic E-state index is 11.5. The van der Waals surface area contributed by atoms with E-state index in [4.69, 9.17) is 5.11 Å². The van der Waals surface area contributed by atoms with Crippen molar-refractivity contribution < 1.29 is 9.90 Å². The van der Waals surface area contributed by atoms with E-state index in [0.717, 1.165) is 5.69 Å². The Morgan fingerprint density at radius 3 is 2.93 bits per heavy atom. The van der Waals surface area contributed by atoms with Gasteiger partial charge < -0.3 is 10.0 Å². The Labute approximate surface area is 83.2 Å². The van der Waals surface area contributed by atoms with Crippen LogP contribution in [0.5, 0.6) is 0 Å². The fourth-order valence-electron chi connectivity index (χ4n) is 1.07. The number of aliphatic hydroxyl groups excluding tert-OH is 1. The highest BCUT2D eigenvalue weighted by atomic mass is 16.3. The van der Waals surface area contributed by atoms with Crippen molar-refractivity contribution in [3.63, 3.8) is 0 Å². The van der Waals surface area contributed by atoms with Gasteiger partial charge in [0.05, 0.1) is 13.0 Å². The van der Waals surface area contributed by atoms with Gasteiger partial charge in [0.25, 0.3) is 0 Å². The summed E-state index contributed by atoms with van der Waals surface area (Å²) in [6.45, 7) is 0.357. The average molecular weight is 194 g/mol. The zero-order valence-corrected chi connectivity index (χ0v) is 8.18. The summed E-state index contributed by atoms with van der Waals surface area (Å²) < 4.78 is 0. The smallest absolute Gasteiger partial charge is 0.228 e. The summed E-state index contributed by atoms with van der Waals surface area (Å²) in [6.07, 6.45) is 1.95. The second kappa shape index (κ2) is 5.34. The molecule has 0 aliphatic carbocycles. The summed E-state index contributed by atoms with van der Waals surface area (Å²) in [6, 6.07) is 5.47. The van der Waals surface area contributed by atoms with Crippen molar-refractivity contribution >= 4 is 5.91 Å². The number of rotatable bonds is 4. The van der Waals surface area contributed by atoms with Crippen LogP contribution < -0.4 is 0 Å². The zero-order chi connectivity index (χ0) is 10.4. The summed E-state index contributed by atoms with van der Waals surface area (Å²) in [5.74, 6) is -0.0299. The number of likely N-dealkylation sites (N-methyl/N-ethyl adjacent to an activating group) is 1. The SMILES string of the molecule is CN(CCO)C(=O)Cc1ccccn1. The minimum Gasteiger partial charge on any atom is -0.395 e. The van der Waals surface area contributed by atoms with Crippen molar-refractivity contribution in [1.82, 2.24) is 9.88 Å². The fraction of sp³-hybridized carbons (Fsp3) is 0.400. The number of aliphatic hydroxyl groups is 1. The highest BCUT2D eigenvalue weighted by Gasteiger charge is 2.08. The molecule has 1 aromatic heterocycles.